The van der Waals surface area contributed by atoms with Crippen molar-refractivity contribution in [3.63, 3.8) is 0 Å². The van der Waals surface area contributed by atoms with Gasteiger partial charge in [0.05, 0.1) is 11.7 Å². The molecule has 1 aromatic rings. The molecule has 2 heterocycles. The lowest BCUT2D eigenvalue weighted by molar-refractivity contribution is -0.0628. The number of hydrogen-bond acceptors (Lipinski definition) is 3. The van der Waals surface area contributed by atoms with E-state index in [4.69, 9.17) is 4.74 Å². The molecule has 110 valence electrons. The fourth-order valence-electron chi connectivity index (χ4n) is 3.66. The van der Waals surface area contributed by atoms with Crippen LogP contribution in [0, 0.1) is 0 Å². The summed E-state index contributed by atoms with van der Waals surface area (Å²) in [5.41, 5.74) is 1.49. The van der Waals surface area contributed by atoms with Crippen molar-refractivity contribution in [1.29, 1.82) is 0 Å². The van der Waals surface area contributed by atoms with Crippen molar-refractivity contribution in [3.8, 4) is 0 Å². The summed E-state index contributed by atoms with van der Waals surface area (Å²) in [6.07, 6.45) is 13.3. The van der Waals surface area contributed by atoms with Gasteiger partial charge >= 0.3 is 0 Å². The zero-order chi connectivity index (χ0) is 13.8. The van der Waals surface area contributed by atoms with Crippen LogP contribution >= 0.6 is 0 Å². The third-order valence-electron chi connectivity index (χ3n) is 4.94. The smallest absolute Gasteiger partial charge is 0.0708 e. The van der Waals surface area contributed by atoms with Gasteiger partial charge in [-0.15, -0.1) is 0 Å². The van der Waals surface area contributed by atoms with Crippen LogP contribution in [0.25, 0.3) is 0 Å². The van der Waals surface area contributed by atoms with E-state index in [2.05, 4.69) is 23.3 Å². The topological polar surface area (TPSA) is 34.1 Å². The fourth-order valence-corrected chi connectivity index (χ4v) is 3.66. The average Bonchev–Trinajstić information content (AvgIpc) is 2.89. The first-order valence-electron chi connectivity index (χ1n) is 8.09. The van der Waals surface area contributed by atoms with Gasteiger partial charge in [-0.1, -0.05) is 25.3 Å². The minimum atomic E-state index is 0.238. The highest BCUT2D eigenvalue weighted by atomic mass is 16.5. The molecule has 1 saturated carbocycles. The molecular formula is C17H26N2O. The first-order chi connectivity index (χ1) is 9.77. The van der Waals surface area contributed by atoms with Crippen LogP contribution in [0.3, 0.4) is 0 Å². The number of pyridine rings is 1. The molecule has 2 fully saturated rings. The quantitative estimate of drug-likeness (QED) is 0.910. The van der Waals surface area contributed by atoms with E-state index in [-0.39, 0.29) is 5.60 Å². The minimum Gasteiger partial charge on any atom is -0.370 e. The molecule has 2 aliphatic rings. The van der Waals surface area contributed by atoms with Gasteiger partial charge in [-0.3, -0.25) is 4.98 Å². The highest BCUT2D eigenvalue weighted by Gasteiger charge is 2.40. The van der Waals surface area contributed by atoms with E-state index in [1.54, 1.807) is 0 Å². The van der Waals surface area contributed by atoms with Crippen molar-refractivity contribution in [2.24, 2.45) is 0 Å². The number of aromatic nitrogens is 1. The Balaban J connectivity index is 1.48. The predicted molar refractivity (Wildman–Crippen MR) is 80.6 cm³/mol. The molecule has 3 rings (SSSR count). The van der Waals surface area contributed by atoms with Crippen LogP contribution in [0.4, 0.5) is 0 Å². The molecule has 1 saturated heterocycles. The lowest BCUT2D eigenvalue weighted by atomic mass is 9.83. The molecule has 1 aromatic heterocycles. The van der Waals surface area contributed by atoms with Crippen molar-refractivity contribution in [2.75, 3.05) is 6.54 Å². The standard InChI is InChI=1S/C17H26N2O/c1-14(15-6-5-11-18-12-15)19-13-16-7-10-17(20-16)8-3-2-4-9-17/h5-6,11-12,14,16,19H,2-4,7-10,13H2,1H3. The third kappa shape index (κ3) is 3.21. The third-order valence-corrected chi connectivity index (χ3v) is 4.94. The molecule has 2 atom stereocenters. The Bertz CT molecular complexity index is 414. The Morgan fingerprint density at radius 3 is 2.95 bits per heavy atom. The fraction of sp³-hybridized carbons (Fsp3) is 0.706. The number of nitrogens with one attached hydrogen (secondary N) is 1. The van der Waals surface area contributed by atoms with Crippen LogP contribution in [0.2, 0.25) is 0 Å². The molecule has 1 aliphatic heterocycles. The molecule has 20 heavy (non-hydrogen) atoms. The van der Waals surface area contributed by atoms with Crippen molar-refractivity contribution in [1.82, 2.24) is 10.3 Å². The van der Waals surface area contributed by atoms with Crippen LogP contribution in [0.15, 0.2) is 24.5 Å². The lowest BCUT2D eigenvalue weighted by Crippen LogP contribution is -2.35. The van der Waals surface area contributed by atoms with Crippen molar-refractivity contribution >= 4 is 0 Å². The van der Waals surface area contributed by atoms with Crippen molar-refractivity contribution in [2.45, 2.75) is 69.6 Å². The first kappa shape index (κ1) is 14.0. The summed E-state index contributed by atoms with van der Waals surface area (Å²) in [6.45, 7) is 3.15. The lowest BCUT2D eigenvalue weighted by Gasteiger charge is -2.33. The van der Waals surface area contributed by atoms with Gasteiger partial charge in [0.15, 0.2) is 0 Å². The molecule has 3 nitrogen and oxygen atoms in total. The molecule has 1 N–H and O–H groups in total. The summed E-state index contributed by atoms with van der Waals surface area (Å²) in [6, 6.07) is 4.47. The van der Waals surface area contributed by atoms with E-state index in [1.165, 1.54) is 50.5 Å². The molecule has 0 amide bonds. The van der Waals surface area contributed by atoms with Crippen molar-refractivity contribution < 1.29 is 4.74 Å². The molecule has 0 bridgehead atoms. The Kier molecular flexibility index (Phi) is 4.37. The van der Waals surface area contributed by atoms with Crippen LogP contribution in [0.1, 0.15) is 63.5 Å². The van der Waals surface area contributed by atoms with E-state index in [0.717, 1.165) is 6.54 Å². The zero-order valence-electron chi connectivity index (χ0n) is 12.5. The second-order valence-corrected chi connectivity index (χ2v) is 6.44. The van der Waals surface area contributed by atoms with E-state index in [9.17, 15) is 0 Å². The number of rotatable bonds is 4. The Morgan fingerprint density at radius 1 is 1.35 bits per heavy atom. The van der Waals surface area contributed by atoms with Crippen LogP contribution in [0.5, 0.6) is 0 Å². The van der Waals surface area contributed by atoms with Gasteiger partial charge in [-0.25, -0.2) is 0 Å². The molecule has 3 heteroatoms. The van der Waals surface area contributed by atoms with E-state index >= 15 is 0 Å². The van der Waals surface area contributed by atoms with E-state index in [0.29, 0.717) is 12.1 Å². The molecule has 0 radical (unpaired) electrons. The summed E-state index contributed by atoms with van der Waals surface area (Å²) >= 11 is 0. The summed E-state index contributed by atoms with van der Waals surface area (Å²) in [5, 5.41) is 3.60. The Labute approximate surface area is 122 Å². The van der Waals surface area contributed by atoms with Gasteiger partial charge in [0, 0.05) is 25.0 Å². The maximum absolute atomic E-state index is 6.40. The Morgan fingerprint density at radius 2 is 2.20 bits per heavy atom. The van der Waals surface area contributed by atoms with Crippen LogP contribution in [-0.2, 0) is 4.74 Å². The first-order valence-corrected chi connectivity index (χ1v) is 8.09. The maximum atomic E-state index is 6.40. The van der Waals surface area contributed by atoms with Gasteiger partial charge in [0.25, 0.3) is 0 Å². The predicted octanol–water partition coefficient (Wildman–Crippen LogP) is 3.61. The average molecular weight is 274 g/mol. The molecule has 0 aromatic carbocycles. The molecule has 1 spiro atoms. The number of ether oxygens (including phenoxy) is 1. The molecule has 1 aliphatic carbocycles. The normalized spacial score (nSPS) is 26.8. The van der Waals surface area contributed by atoms with Crippen LogP contribution < -0.4 is 5.32 Å². The summed E-state index contributed by atoms with van der Waals surface area (Å²) in [5.74, 6) is 0. The SMILES string of the molecule is CC(NCC1CCC2(CCCCC2)O1)c1cccnc1. The minimum absolute atomic E-state index is 0.238. The van der Waals surface area contributed by atoms with E-state index in [1.807, 2.05) is 18.5 Å². The molecule has 2 unspecified atom stereocenters. The second kappa shape index (κ2) is 6.23. The van der Waals surface area contributed by atoms with Gasteiger partial charge < -0.3 is 10.1 Å². The Hall–Kier alpha value is -0.930. The van der Waals surface area contributed by atoms with Gasteiger partial charge in [0.1, 0.15) is 0 Å². The number of hydrogen-bond donors (Lipinski definition) is 1. The second-order valence-electron chi connectivity index (χ2n) is 6.44. The van der Waals surface area contributed by atoms with E-state index < -0.39 is 0 Å². The zero-order valence-corrected chi connectivity index (χ0v) is 12.5. The number of nitrogens with zero attached hydrogens (tertiary/aromatic N) is 1. The monoisotopic (exact) mass is 274 g/mol. The van der Waals surface area contributed by atoms with Gasteiger partial charge in [-0.05, 0) is 44.2 Å². The summed E-state index contributed by atoms with van der Waals surface area (Å²) in [4.78, 5) is 4.18. The van der Waals surface area contributed by atoms with Gasteiger partial charge in [0.2, 0.25) is 0 Å². The highest BCUT2D eigenvalue weighted by molar-refractivity contribution is 5.12. The maximum Gasteiger partial charge on any atom is 0.0708 e. The summed E-state index contributed by atoms with van der Waals surface area (Å²) < 4.78 is 6.40. The highest BCUT2D eigenvalue weighted by Crippen LogP contribution is 2.41. The largest absolute Gasteiger partial charge is 0.370 e. The molecular weight excluding hydrogens is 248 g/mol. The summed E-state index contributed by atoms with van der Waals surface area (Å²) in [7, 11) is 0. The van der Waals surface area contributed by atoms with Crippen molar-refractivity contribution in [3.05, 3.63) is 30.1 Å². The van der Waals surface area contributed by atoms with Crippen LogP contribution in [-0.4, -0.2) is 23.2 Å². The van der Waals surface area contributed by atoms with Gasteiger partial charge in [-0.2, -0.15) is 0 Å².